The summed E-state index contributed by atoms with van der Waals surface area (Å²) in [7, 11) is 0. The van der Waals surface area contributed by atoms with Crippen LogP contribution in [0.15, 0.2) is 35.2 Å². The Kier molecular flexibility index (Phi) is 6.50. The van der Waals surface area contributed by atoms with Gasteiger partial charge in [-0.3, -0.25) is 19.3 Å². The molecule has 0 unspecified atom stereocenters. The standard InChI is InChI=1S/C20H24N2O3S/c23-18(11-10-15-6-4-5-7-15)21-12-13-22-19(24)17(26-20(22)25)14-16-8-2-1-3-9-16/h1-3,8-9,14-15H,4-7,10-13H2,(H,21,23). The Bertz CT molecular complexity index is 696. The number of nitrogens with one attached hydrogen (secondary N) is 1. The number of rotatable bonds is 7. The lowest BCUT2D eigenvalue weighted by Crippen LogP contribution is -2.37. The largest absolute Gasteiger partial charge is 0.354 e. The Labute approximate surface area is 158 Å². The zero-order valence-electron chi connectivity index (χ0n) is 14.8. The summed E-state index contributed by atoms with van der Waals surface area (Å²) in [4.78, 5) is 38.0. The fraction of sp³-hybridized carbons (Fsp3) is 0.450. The molecule has 26 heavy (non-hydrogen) atoms. The van der Waals surface area contributed by atoms with E-state index in [0.29, 0.717) is 23.8 Å². The lowest BCUT2D eigenvalue weighted by Gasteiger charge is -2.13. The predicted octanol–water partition coefficient (Wildman–Crippen LogP) is 3.81. The molecule has 1 N–H and O–H groups in total. The van der Waals surface area contributed by atoms with Crippen molar-refractivity contribution in [3.8, 4) is 0 Å². The highest BCUT2D eigenvalue weighted by molar-refractivity contribution is 8.18. The molecular weight excluding hydrogens is 348 g/mol. The quantitative estimate of drug-likeness (QED) is 0.739. The predicted molar refractivity (Wildman–Crippen MR) is 103 cm³/mol. The molecule has 1 saturated carbocycles. The van der Waals surface area contributed by atoms with Gasteiger partial charge in [-0.05, 0) is 35.7 Å². The first-order valence-electron chi connectivity index (χ1n) is 9.20. The van der Waals surface area contributed by atoms with Crippen LogP contribution in [-0.2, 0) is 9.59 Å². The van der Waals surface area contributed by atoms with Crippen molar-refractivity contribution in [1.82, 2.24) is 10.2 Å². The third-order valence-electron chi connectivity index (χ3n) is 4.88. The van der Waals surface area contributed by atoms with Gasteiger partial charge in [-0.1, -0.05) is 56.0 Å². The smallest absolute Gasteiger partial charge is 0.293 e. The Hall–Kier alpha value is -2.08. The van der Waals surface area contributed by atoms with Crippen molar-refractivity contribution < 1.29 is 14.4 Å². The monoisotopic (exact) mass is 372 g/mol. The minimum atomic E-state index is -0.288. The van der Waals surface area contributed by atoms with Crippen molar-refractivity contribution in [3.05, 3.63) is 40.8 Å². The first-order chi connectivity index (χ1) is 12.6. The molecule has 0 spiro atoms. The summed E-state index contributed by atoms with van der Waals surface area (Å²) in [6.07, 6.45) is 8.22. The lowest BCUT2D eigenvalue weighted by molar-refractivity contribution is -0.124. The number of hydrogen-bond acceptors (Lipinski definition) is 4. The van der Waals surface area contributed by atoms with E-state index in [9.17, 15) is 14.4 Å². The summed E-state index contributed by atoms with van der Waals surface area (Å²) in [5.41, 5.74) is 0.887. The molecule has 1 aliphatic carbocycles. The van der Waals surface area contributed by atoms with Crippen LogP contribution >= 0.6 is 11.8 Å². The minimum absolute atomic E-state index is 0.00343. The van der Waals surface area contributed by atoms with Gasteiger partial charge in [0.05, 0.1) is 4.91 Å². The summed E-state index contributed by atoms with van der Waals surface area (Å²) in [6.45, 7) is 0.520. The zero-order chi connectivity index (χ0) is 18.4. The second kappa shape index (κ2) is 9.03. The van der Waals surface area contributed by atoms with Crippen LogP contribution in [0.4, 0.5) is 4.79 Å². The highest BCUT2D eigenvalue weighted by Crippen LogP contribution is 2.32. The molecule has 0 radical (unpaired) electrons. The second-order valence-corrected chi connectivity index (χ2v) is 7.78. The van der Waals surface area contributed by atoms with E-state index in [1.165, 1.54) is 30.6 Å². The number of nitrogens with zero attached hydrogens (tertiary/aromatic N) is 1. The third kappa shape index (κ3) is 4.97. The SMILES string of the molecule is O=C(CCC1CCCC1)NCCN1C(=O)SC(=Cc2ccccc2)C1=O. The molecule has 6 heteroatoms. The van der Waals surface area contributed by atoms with E-state index >= 15 is 0 Å². The van der Waals surface area contributed by atoms with E-state index in [4.69, 9.17) is 0 Å². The zero-order valence-corrected chi connectivity index (χ0v) is 15.6. The van der Waals surface area contributed by atoms with Gasteiger partial charge in [0.25, 0.3) is 11.1 Å². The topological polar surface area (TPSA) is 66.5 Å². The molecule has 0 aromatic heterocycles. The van der Waals surface area contributed by atoms with Crippen LogP contribution < -0.4 is 5.32 Å². The number of benzene rings is 1. The first-order valence-corrected chi connectivity index (χ1v) is 10.0. The molecule has 1 aromatic carbocycles. The van der Waals surface area contributed by atoms with Gasteiger partial charge in [0.2, 0.25) is 5.91 Å². The van der Waals surface area contributed by atoms with Crippen LogP contribution in [-0.4, -0.2) is 35.0 Å². The maximum Gasteiger partial charge on any atom is 0.293 e. The van der Waals surface area contributed by atoms with Crippen LogP contribution in [0, 0.1) is 5.92 Å². The van der Waals surface area contributed by atoms with Gasteiger partial charge in [-0.25, -0.2) is 0 Å². The van der Waals surface area contributed by atoms with Gasteiger partial charge < -0.3 is 5.32 Å². The van der Waals surface area contributed by atoms with Crippen molar-refractivity contribution in [2.75, 3.05) is 13.1 Å². The molecule has 0 bridgehead atoms. The summed E-state index contributed by atoms with van der Waals surface area (Å²) >= 11 is 0.948. The van der Waals surface area contributed by atoms with Gasteiger partial charge in [0.15, 0.2) is 0 Å². The maximum absolute atomic E-state index is 12.4. The molecular formula is C20H24N2O3S. The van der Waals surface area contributed by atoms with Crippen LogP contribution in [0.3, 0.4) is 0 Å². The number of thioether (sulfide) groups is 1. The molecule has 2 aliphatic rings. The fourth-order valence-electron chi connectivity index (χ4n) is 3.42. The molecule has 3 rings (SSSR count). The molecule has 2 fully saturated rings. The molecule has 5 nitrogen and oxygen atoms in total. The first kappa shape index (κ1) is 18.7. The van der Waals surface area contributed by atoms with Crippen molar-refractivity contribution >= 4 is 34.9 Å². The van der Waals surface area contributed by atoms with E-state index in [-0.39, 0.29) is 23.6 Å². The molecule has 1 saturated heterocycles. The van der Waals surface area contributed by atoms with Crippen LogP contribution in [0.25, 0.3) is 6.08 Å². The van der Waals surface area contributed by atoms with Crippen molar-refractivity contribution in [2.45, 2.75) is 38.5 Å². The summed E-state index contributed by atoms with van der Waals surface area (Å²) < 4.78 is 0. The number of imide groups is 1. The van der Waals surface area contributed by atoms with E-state index in [1.807, 2.05) is 30.3 Å². The van der Waals surface area contributed by atoms with Gasteiger partial charge in [-0.15, -0.1) is 0 Å². The molecule has 1 heterocycles. The average molecular weight is 372 g/mol. The summed E-state index contributed by atoms with van der Waals surface area (Å²) in [6, 6.07) is 9.45. The highest BCUT2D eigenvalue weighted by Gasteiger charge is 2.34. The minimum Gasteiger partial charge on any atom is -0.354 e. The van der Waals surface area contributed by atoms with Gasteiger partial charge in [-0.2, -0.15) is 0 Å². The number of amides is 3. The number of carbonyl (C=O) groups excluding carboxylic acids is 3. The van der Waals surface area contributed by atoms with Crippen molar-refractivity contribution in [3.63, 3.8) is 0 Å². The van der Waals surface area contributed by atoms with Crippen LogP contribution in [0.5, 0.6) is 0 Å². The molecule has 0 atom stereocenters. The Balaban J connectivity index is 1.44. The van der Waals surface area contributed by atoms with Crippen molar-refractivity contribution in [2.24, 2.45) is 5.92 Å². The lowest BCUT2D eigenvalue weighted by atomic mass is 10.0. The molecule has 1 aromatic rings. The van der Waals surface area contributed by atoms with Gasteiger partial charge in [0.1, 0.15) is 0 Å². The van der Waals surface area contributed by atoms with Crippen LogP contribution in [0.1, 0.15) is 44.1 Å². The number of carbonyl (C=O) groups is 3. The molecule has 138 valence electrons. The Morgan fingerprint density at radius 2 is 1.92 bits per heavy atom. The Morgan fingerprint density at radius 3 is 2.65 bits per heavy atom. The average Bonchev–Trinajstić information content (AvgIpc) is 3.25. The van der Waals surface area contributed by atoms with E-state index < -0.39 is 0 Å². The van der Waals surface area contributed by atoms with E-state index in [1.54, 1.807) is 6.08 Å². The van der Waals surface area contributed by atoms with Crippen molar-refractivity contribution in [1.29, 1.82) is 0 Å². The Morgan fingerprint density at radius 1 is 1.19 bits per heavy atom. The van der Waals surface area contributed by atoms with Gasteiger partial charge in [0, 0.05) is 19.5 Å². The van der Waals surface area contributed by atoms with Gasteiger partial charge >= 0.3 is 0 Å². The highest BCUT2D eigenvalue weighted by atomic mass is 32.2. The number of hydrogen-bond donors (Lipinski definition) is 1. The summed E-state index contributed by atoms with van der Waals surface area (Å²) in [5, 5.41) is 2.55. The van der Waals surface area contributed by atoms with E-state index in [2.05, 4.69) is 5.32 Å². The third-order valence-corrected chi connectivity index (χ3v) is 5.79. The summed E-state index contributed by atoms with van der Waals surface area (Å²) in [5.74, 6) is 0.400. The van der Waals surface area contributed by atoms with E-state index in [0.717, 1.165) is 23.7 Å². The van der Waals surface area contributed by atoms with Crippen LogP contribution in [0.2, 0.25) is 0 Å². The second-order valence-electron chi connectivity index (χ2n) is 6.78. The maximum atomic E-state index is 12.4. The molecule has 3 amide bonds. The fourth-order valence-corrected chi connectivity index (χ4v) is 4.29. The normalized spacial score (nSPS) is 19.5. The molecule has 1 aliphatic heterocycles.